The number of aryl methyl sites for hydroxylation is 1. The lowest BCUT2D eigenvalue weighted by molar-refractivity contribution is 0.0824. The fourth-order valence-electron chi connectivity index (χ4n) is 3.24. The van der Waals surface area contributed by atoms with E-state index < -0.39 is 10.0 Å². The van der Waals surface area contributed by atoms with Crippen molar-refractivity contribution in [1.82, 2.24) is 28.7 Å². The fraction of sp³-hybridized carbons (Fsp3) is 0.533. The Bertz CT molecular complexity index is 825. The van der Waals surface area contributed by atoms with Crippen molar-refractivity contribution in [3.05, 3.63) is 31.0 Å². The van der Waals surface area contributed by atoms with Gasteiger partial charge in [0.25, 0.3) is 10.0 Å². The third kappa shape index (κ3) is 3.12. The van der Waals surface area contributed by atoms with Gasteiger partial charge in [0.2, 0.25) is 5.95 Å². The second kappa shape index (κ2) is 6.36. The molecule has 4 heterocycles. The molecular weight excluding hydrogens is 342 g/mol. The normalized spacial score (nSPS) is 20.6. The van der Waals surface area contributed by atoms with Crippen LogP contribution in [0.25, 0.3) is 0 Å². The highest BCUT2D eigenvalue weighted by molar-refractivity contribution is 7.89. The van der Waals surface area contributed by atoms with Gasteiger partial charge in [-0.15, -0.1) is 0 Å². The number of imidazole rings is 1. The molecule has 2 aromatic rings. The molecule has 0 saturated carbocycles. The summed E-state index contributed by atoms with van der Waals surface area (Å²) in [5.41, 5.74) is 0. The molecule has 2 aromatic heterocycles. The molecule has 0 unspecified atom stereocenters. The van der Waals surface area contributed by atoms with E-state index in [2.05, 4.69) is 24.8 Å². The predicted octanol–water partition coefficient (Wildman–Crippen LogP) is -0.595. The van der Waals surface area contributed by atoms with Crippen LogP contribution >= 0.6 is 0 Å². The molecule has 2 saturated heterocycles. The zero-order chi connectivity index (χ0) is 17.4. The van der Waals surface area contributed by atoms with Gasteiger partial charge in [0.1, 0.15) is 0 Å². The average molecular weight is 363 g/mol. The first-order valence-electron chi connectivity index (χ1n) is 8.28. The predicted molar refractivity (Wildman–Crippen MR) is 91.6 cm³/mol. The minimum Gasteiger partial charge on any atom is -0.339 e. The maximum Gasteiger partial charge on any atom is 0.262 e. The van der Waals surface area contributed by atoms with E-state index in [1.165, 1.54) is 10.6 Å². The van der Waals surface area contributed by atoms with Crippen LogP contribution in [0.15, 0.2) is 36.0 Å². The molecule has 10 heteroatoms. The SMILES string of the molecule is Cn1cnc(S(=O)(=O)N2CC(N3CCN(c4ncccn4)CC3)C2)c1. The summed E-state index contributed by atoms with van der Waals surface area (Å²) in [6, 6.07) is 2.09. The van der Waals surface area contributed by atoms with E-state index in [0.717, 1.165) is 32.1 Å². The Morgan fingerprint density at radius 1 is 1.04 bits per heavy atom. The summed E-state index contributed by atoms with van der Waals surface area (Å²) in [6.07, 6.45) is 6.55. The molecule has 25 heavy (non-hydrogen) atoms. The number of nitrogens with zero attached hydrogens (tertiary/aromatic N) is 7. The van der Waals surface area contributed by atoms with Crippen molar-refractivity contribution >= 4 is 16.0 Å². The van der Waals surface area contributed by atoms with Crippen LogP contribution in [0.3, 0.4) is 0 Å². The van der Waals surface area contributed by atoms with Gasteiger partial charge in [0, 0.05) is 70.9 Å². The van der Waals surface area contributed by atoms with Crippen LogP contribution in [0.4, 0.5) is 5.95 Å². The second-order valence-corrected chi connectivity index (χ2v) is 8.31. The second-order valence-electron chi connectivity index (χ2n) is 6.43. The number of rotatable bonds is 4. The van der Waals surface area contributed by atoms with E-state index in [1.54, 1.807) is 30.2 Å². The third-order valence-electron chi connectivity index (χ3n) is 4.78. The Hall–Kier alpha value is -2.04. The van der Waals surface area contributed by atoms with E-state index in [9.17, 15) is 8.42 Å². The summed E-state index contributed by atoms with van der Waals surface area (Å²) in [6.45, 7) is 4.54. The lowest BCUT2D eigenvalue weighted by Gasteiger charge is -2.47. The highest BCUT2D eigenvalue weighted by Gasteiger charge is 2.41. The van der Waals surface area contributed by atoms with E-state index in [4.69, 9.17) is 0 Å². The van der Waals surface area contributed by atoms with Gasteiger partial charge < -0.3 is 9.47 Å². The van der Waals surface area contributed by atoms with E-state index >= 15 is 0 Å². The number of anilines is 1. The molecule has 0 amide bonds. The Balaban J connectivity index is 1.32. The molecule has 0 radical (unpaired) electrons. The number of aromatic nitrogens is 4. The Kier molecular flexibility index (Phi) is 4.18. The van der Waals surface area contributed by atoms with Crippen LogP contribution in [-0.4, -0.2) is 82.5 Å². The highest BCUT2D eigenvalue weighted by Crippen LogP contribution is 2.24. The van der Waals surface area contributed by atoms with Crippen LogP contribution in [0.2, 0.25) is 0 Å². The quantitative estimate of drug-likeness (QED) is 0.717. The van der Waals surface area contributed by atoms with E-state index in [1.807, 2.05) is 6.07 Å². The molecule has 0 N–H and O–H groups in total. The lowest BCUT2D eigenvalue weighted by atomic mass is 10.1. The molecule has 9 nitrogen and oxygen atoms in total. The molecule has 2 fully saturated rings. The van der Waals surface area contributed by atoms with Crippen molar-refractivity contribution in [1.29, 1.82) is 0 Å². The van der Waals surface area contributed by atoms with Crippen molar-refractivity contribution in [3.63, 3.8) is 0 Å². The Morgan fingerprint density at radius 2 is 1.72 bits per heavy atom. The Morgan fingerprint density at radius 3 is 2.32 bits per heavy atom. The first kappa shape index (κ1) is 16.4. The maximum atomic E-state index is 12.5. The fourth-order valence-corrected chi connectivity index (χ4v) is 4.72. The zero-order valence-corrected chi connectivity index (χ0v) is 14.9. The molecular formula is C15H21N7O2S. The number of hydrogen-bond donors (Lipinski definition) is 0. The van der Waals surface area contributed by atoms with Gasteiger partial charge in [-0.25, -0.2) is 23.4 Å². The van der Waals surface area contributed by atoms with Crippen LogP contribution in [0, 0.1) is 0 Å². The summed E-state index contributed by atoms with van der Waals surface area (Å²) in [7, 11) is -1.70. The maximum absolute atomic E-state index is 12.5. The summed E-state index contributed by atoms with van der Waals surface area (Å²) in [4.78, 5) is 17.1. The van der Waals surface area contributed by atoms with Crippen molar-refractivity contribution in [3.8, 4) is 0 Å². The van der Waals surface area contributed by atoms with Gasteiger partial charge in [-0.2, -0.15) is 4.31 Å². The van der Waals surface area contributed by atoms with E-state index in [-0.39, 0.29) is 11.1 Å². The molecule has 0 aromatic carbocycles. The molecule has 4 rings (SSSR count). The van der Waals surface area contributed by atoms with Crippen LogP contribution < -0.4 is 4.90 Å². The average Bonchev–Trinajstić information content (AvgIpc) is 3.02. The van der Waals surface area contributed by atoms with Crippen molar-refractivity contribution in [2.24, 2.45) is 7.05 Å². The highest BCUT2D eigenvalue weighted by atomic mass is 32.2. The van der Waals surface area contributed by atoms with Crippen LogP contribution in [0.5, 0.6) is 0 Å². The van der Waals surface area contributed by atoms with Crippen molar-refractivity contribution < 1.29 is 8.42 Å². The number of sulfonamides is 1. The lowest BCUT2D eigenvalue weighted by Crippen LogP contribution is -2.64. The molecule has 0 aliphatic carbocycles. The summed E-state index contributed by atoms with van der Waals surface area (Å²) in [5.74, 6) is 0.759. The van der Waals surface area contributed by atoms with Crippen LogP contribution in [0.1, 0.15) is 0 Å². The van der Waals surface area contributed by atoms with Crippen molar-refractivity contribution in [2.75, 3.05) is 44.2 Å². The molecule has 2 aliphatic rings. The molecule has 0 bridgehead atoms. The standard InChI is InChI=1S/C15H21N7O2S/c1-19-11-14(18-12-19)25(23,24)22-9-13(10-22)20-5-7-21(8-6-20)15-16-3-2-4-17-15/h2-4,11-13H,5-10H2,1H3. The minimum atomic E-state index is -3.46. The van der Waals surface area contributed by atoms with E-state index in [0.29, 0.717) is 13.1 Å². The summed E-state index contributed by atoms with van der Waals surface area (Å²) < 4.78 is 28.2. The van der Waals surface area contributed by atoms with Gasteiger partial charge in [0.15, 0.2) is 5.03 Å². The molecule has 0 atom stereocenters. The number of hydrogen-bond acceptors (Lipinski definition) is 7. The van der Waals surface area contributed by atoms with Crippen molar-refractivity contribution in [2.45, 2.75) is 11.1 Å². The first-order valence-corrected chi connectivity index (χ1v) is 9.72. The Labute approximate surface area is 147 Å². The topological polar surface area (TPSA) is 87.5 Å². The first-order chi connectivity index (χ1) is 12.0. The minimum absolute atomic E-state index is 0.125. The monoisotopic (exact) mass is 363 g/mol. The molecule has 0 spiro atoms. The third-order valence-corrected chi connectivity index (χ3v) is 6.50. The van der Waals surface area contributed by atoms with Gasteiger partial charge in [-0.1, -0.05) is 0 Å². The van der Waals surface area contributed by atoms with Crippen LogP contribution in [-0.2, 0) is 17.1 Å². The largest absolute Gasteiger partial charge is 0.339 e. The molecule has 2 aliphatic heterocycles. The zero-order valence-electron chi connectivity index (χ0n) is 14.1. The summed E-state index contributed by atoms with van der Waals surface area (Å²) >= 11 is 0. The van der Waals surface area contributed by atoms with Gasteiger partial charge >= 0.3 is 0 Å². The molecule has 134 valence electrons. The number of piperazine rings is 1. The summed E-state index contributed by atoms with van der Waals surface area (Å²) in [5, 5.41) is 0.125. The smallest absolute Gasteiger partial charge is 0.262 e. The van der Waals surface area contributed by atoms with Gasteiger partial charge in [-0.05, 0) is 6.07 Å². The van der Waals surface area contributed by atoms with Gasteiger partial charge in [-0.3, -0.25) is 4.90 Å². The van der Waals surface area contributed by atoms with Gasteiger partial charge in [0.05, 0.1) is 6.33 Å².